The van der Waals surface area contributed by atoms with Crippen LogP contribution < -0.4 is 4.74 Å². The molecule has 1 unspecified atom stereocenters. The van der Waals surface area contributed by atoms with E-state index in [0.29, 0.717) is 6.07 Å². The predicted molar refractivity (Wildman–Crippen MR) is 73.4 cm³/mol. The van der Waals surface area contributed by atoms with Gasteiger partial charge in [-0.2, -0.15) is 57.1 Å². The molecule has 30 heavy (non-hydrogen) atoms. The van der Waals surface area contributed by atoms with Crippen molar-refractivity contribution in [1.82, 2.24) is 0 Å². The number of hydrogen-bond acceptors (Lipinski definition) is 2. The van der Waals surface area contributed by atoms with Crippen LogP contribution >= 0.6 is 0 Å². The summed E-state index contributed by atoms with van der Waals surface area (Å²) in [6.07, 6.45) is -11.6. The van der Waals surface area contributed by atoms with E-state index in [1.807, 2.05) is 0 Å². The Morgan fingerprint density at radius 2 is 1.17 bits per heavy atom. The molecule has 0 radical (unpaired) electrons. The van der Waals surface area contributed by atoms with Crippen LogP contribution in [0.4, 0.5) is 57.1 Å². The summed E-state index contributed by atoms with van der Waals surface area (Å²) < 4.78 is 175. The van der Waals surface area contributed by atoms with E-state index in [4.69, 9.17) is 0 Å². The van der Waals surface area contributed by atoms with Gasteiger partial charge in [-0.25, -0.2) is 0 Å². The number of aliphatic hydroxyl groups is 1. The van der Waals surface area contributed by atoms with E-state index in [-0.39, 0.29) is 6.61 Å². The molecule has 0 bridgehead atoms. The molecular formula is C15H11F13O2. The lowest BCUT2D eigenvalue weighted by molar-refractivity contribution is -0.444. The highest BCUT2D eigenvalue weighted by molar-refractivity contribution is 5.37. The SMILES string of the molecule is CCOc1ccccc1C(O)C(F)(F)C(F)(F)C(F)(F)C(F)(F)C(F)(F)C(F)(F)F. The van der Waals surface area contributed by atoms with Gasteiger partial charge in [0, 0.05) is 5.56 Å². The molecule has 0 fully saturated rings. The van der Waals surface area contributed by atoms with Gasteiger partial charge in [-0.05, 0) is 13.0 Å². The number of alkyl halides is 13. The molecular weight excluding hydrogens is 459 g/mol. The smallest absolute Gasteiger partial charge is 0.460 e. The monoisotopic (exact) mass is 470 g/mol. The zero-order valence-corrected chi connectivity index (χ0v) is 14.4. The third-order valence-electron chi connectivity index (χ3n) is 3.81. The van der Waals surface area contributed by atoms with Crippen LogP contribution in [0, 0.1) is 0 Å². The van der Waals surface area contributed by atoms with Crippen LogP contribution in [0.5, 0.6) is 5.75 Å². The maximum Gasteiger partial charge on any atom is 0.460 e. The Labute approximate surface area is 159 Å². The van der Waals surface area contributed by atoms with Crippen LogP contribution in [0.15, 0.2) is 24.3 Å². The number of benzene rings is 1. The average Bonchev–Trinajstić information content (AvgIpc) is 2.60. The molecule has 0 aliphatic heterocycles. The molecule has 174 valence electrons. The Morgan fingerprint density at radius 1 is 0.733 bits per heavy atom. The fraction of sp³-hybridized carbons (Fsp3) is 0.600. The second-order valence-electron chi connectivity index (χ2n) is 5.79. The number of hydrogen-bond donors (Lipinski definition) is 1. The van der Waals surface area contributed by atoms with Gasteiger partial charge >= 0.3 is 35.8 Å². The Bertz CT molecular complexity index is 742. The van der Waals surface area contributed by atoms with E-state index in [9.17, 15) is 62.2 Å². The molecule has 1 atom stereocenters. The number of aliphatic hydroxyl groups excluding tert-OH is 1. The lowest BCUT2D eigenvalue weighted by Crippen LogP contribution is -2.70. The van der Waals surface area contributed by atoms with Crippen molar-refractivity contribution in [3.8, 4) is 5.75 Å². The van der Waals surface area contributed by atoms with Gasteiger partial charge in [-0.15, -0.1) is 0 Å². The van der Waals surface area contributed by atoms with Gasteiger partial charge in [-0.1, -0.05) is 18.2 Å². The van der Waals surface area contributed by atoms with Gasteiger partial charge in [0.05, 0.1) is 6.61 Å². The molecule has 1 aromatic rings. The zero-order valence-electron chi connectivity index (χ0n) is 14.4. The van der Waals surface area contributed by atoms with E-state index in [2.05, 4.69) is 4.74 Å². The molecule has 1 aromatic carbocycles. The Morgan fingerprint density at radius 3 is 1.60 bits per heavy atom. The van der Waals surface area contributed by atoms with Gasteiger partial charge in [0.25, 0.3) is 0 Å². The first-order valence-electron chi connectivity index (χ1n) is 7.57. The van der Waals surface area contributed by atoms with Crippen LogP contribution in [0.25, 0.3) is 0 Å². The Balaban J connectivity index is 3.57. The van der Waals surface area contributed by atoms with Crippen LogP contribution in [0.3, 0.4) is 0 Å². The van der Waals surface area contributed by atoms with Gasteiger partial charge < -0.3 is 9.84 Å². The van der Waals surface area contributed by atoms with E-state index >= 15 is 0 Å². The molecule has 2 nitrogen and oxygen atoms in total. The summed E-state index contributed by atoms with van der Waals surface area (Å²) in [6.45, 7) is 0.904. The summed E-state index contributed by atoms with van der Waals surface area (Å²) >= 11 is 0. The van der Waals surface area contributed by atoms with Gasteiger partial charge in [0.1, 0.15) is 5.75 Å². The Hall–Kier alpha value is -1.93. The highest BCUT2D eigenvalue weighted by Gasteiger charge is 2.91. The molecule has 0 spiro atoms. The average molecular weight is 470 g/mol. The molecule has 15 heteroatoms. The number of rotatable bonds is 8. The van der Waals surface area contributed by atoms with Crippen molar-refractivity contribution in [3.05, 3.63) is 29.8 Å². The van der Waals surface area contributed by atoms with Crippen LogP contribution in [0.1, 0.15) is 18.6 Å². The summed E-state index contributed by atoms with van der Waals surface area (Å²) in [5, 5.41) is 9.49. The highest BCUT2D eigenvalue weighted by atomic mass is 19.4. The summed E-state index contributed by atoms with van der Waals surface area (Å²) in [5.41, 5.74) is -1.34. The Kier molecular flexibility index (Phi) is 6.65. The lowest BCUT2D eigenvalue weighted by Gasteiger charge is -2.41. The fourth-order valence-corrected chi connectivity index (χ4v) is 2.14. The molecule has 1 rings (SSSR count). The second kappa shape index (κ2) is 7.64. The fourth-order valence-electron chi connectivity index (χ4n) is 2.14. The molecule has 0 aromatic heterocycles. The largest absolute Gasteiger partial charge is 0.493 e. The zero-order chi connectivity index (χ0) is 24.0. The standard InChI is InChI=1S/C15H11F13O2/c1-2-30-8-6-4-3-5-7(8)9(29)10(16,17)11(18,19)12(20,21)13(22,23)14(24,25)15(26,27)28/h3-6,9,29H,2H2,1H3. The minimum atomic E-state index is -8.02. The van der Waals surface area contributed by atoms with Gasteiger partial charge in [-0.3, -0.25) is 0 Å². The van der Waals surface area contributed by atoms with Gasteiger partial charge in [0.2, 0.25) is 0 Å². The minimum Gasteiger partial charge on any atom is -0.493 e. The minimum absolute atomic E-state index is 0.336. The first-order valence-corrected chi connectivity index (χ1v) is 7.57. The maximum atomic E-state index is 14.0. The van der Waals surface area contributed by atoms with Crippen LogP contribution in [-0.2, 0) is 0 Å². The van der Waals surface area contributed by atoms with Crippen LogP contribution in [0.2, 0.25) is 0 Å². The first kappa shape index (κ1) is 26.1. The van der Waals surface area contributed by atoms with Crippen molar-refractivity contribution in [2.75, 3.05) is 6.61 Å². The molecule has 0 aliphatic carbocycles. The molecule has 0 saturated heterocycles. The summed E-state index contributed by atoms with van der Waals surface area (Å²) in [4.78, 5) is 0. The maximum absolute atomic E-state index is 14.0. The summed E-state index contributed by atoms with van der Waals surface area (Å²) in [6, 6.07) is 3.06. The quantitative estimate of drug-likeness (QED) is 0.483. The number of para-hydroxylation sites is 1. The molecule has 0 amide bonds. The van der Waals surface area contributed by atoms with Crippen molar-refractivity contribution in [2.45, 2.75) is 48.8 Å². The molecule has 1 N–H and O–H groups in total. The van der Waals surface area contributed by atoms with E-state index < -0.39 is 53.2 Å². The number of halogens is 13. The number of ether oxygens (including phenoxy) is 1. The van der Waals surface area contributed by atoms with E-state index in [1.165, 1.54) is 6.92 Å². The van der Waals surface area contributed by atoms with Crippen molar-refractivity contribution in [3.63, 3.8) is 0 Å². The summed E-state index contributed by atoms with van der Waals surface area (Å²) in [5.74, 6) is -38.9. The third-order valence-corrected chi connectivity index (χ3v) is 3.81. The molecule has 0 saturated carbocycles. The predicted octanol–water partition coefficient (Wildman–Crippen LogP) is 5.86. The first-order chi connectivity index (χ1) is 13.2. The third kappa shape index (κ3) is 3.64. The molecule has 0 aliphatic rings. The van der Waals surface area contributed by atoms with Crippen molar-refractivity contribution in [1.29, 1.82) is 0 Å². The topological polar surface area (TPSA) is 29.5 Å². The van der Waals surface area contributed by atoms with E-state index in [0.717, 1.165) is 18.2 Å². The van der Waals surface area contributed by atoms with E-state index in [1.54, 1.807) is 0 Å². The normalized spacial score (nSPS) is 15.8. The van der Waals surface area contributed by atoms with Crippen molar-refractivity contribution >= 4 is 0 Å². The van der Waals surface area contributed by atoms with Gasteiger partial charge in [0.15, 0.2) is 6.10 Å². The summed E-state index contributed by atoms with van der Waals surface area (Å²) in [7, 11) is 0. The van der Waals surface area contributed by atoms with Crippen LogP contribution in [-0.4, -0.2) is 47.5 Å². The van der Waals surface area contributed by atoms with Crippen molar-refractivity contribution in [2.24, 2.45) is 0 Å². The highest BCUT2D eigenvalue weighted by Crippen LogP contribution is 2.62. The molecule has 0 heterocycles. The second-order valence-corrected chi connectivity index (χ2v) is 5.79. The lowest BCUT2D eigenvalue weighted by atomic mass is 9.89. The van der Waals surface area contributed by atoms with Crippen molar-refractivity contribution < 1.29 is 66.9 Å².